The maximum atomic E-state index is 6.05. The standard InChI is InChI=1S/C14H24N2S/c1-11-3-6-14(9-15,7-4-11)8-5-13-12(2)16-10-17-13/h10-11H,3-9,15H2,1-2H3. The van der Waals surface area contributed by atoms with Gasteiger partial charge in [-0.05, 0) is 50.5 Å². The van der Waals surface area contributed by atoms with Crippen LogP contribution in [-0.4, -0.2) is 11.5 Å². The van der Waals surface area contributed by atoms with Crippen LogP contribution in [0.15, 0.2) is 5.51 Å². The van der Waals surface area contributed by atoms with Crippen LogP contribution in [0, 0.1) is 18.3 Å². The Hall–Kier alpha value is -0.410. The lowest BCUT2D eigenvalue weighted by molar-refractivity contribution is 0.151. The molecule has 17 heavy (non-hydrogen) atoms. The topological polar surface area (TPSA) is 38.9 Å². The number of nitrogens with zero attached hydrogens (tertiary/aromatic N) is 1. The van der Waals surface area contributed by atoms with Crippen LogP contribution in [-0.2, 0) is 6.42 Å². The van der Waals surface area contributed by atoms with Crippen molar-refractivity contribution < 1.29 is 0 Å². The van der Waals surface area contributed by atoms with Crippen molar-refractivity contribution in [3.05, 3.63) is 16.1 Å². The smallest absolute Gasteiger partial charge is 0.0797 e. The summed E-state index contributed by atoms with van der Waals surface area (Å²) in [5.41, 5.74) is 9.64. The van der Waals surface area contributed by atoms with Crippen molar-refractivity contribution in [2.75, 3.05) is 6.54 Å². The second-order valence-corrected chi connectivity index (χ2v) is 6.69. The van der Waals surface area contributed by atoms with E-state index in [2.05, 4.69) is 18.8 Å². The summed E-state index contributed by atoms with van der Waals surface area (Å²) in [4.78, 5) is 5.78. The molecule has 0 saturated heterocycles. The largest absolute Gasteiger partial charge is 0.330 e. The number of aryl methyl sites for hydroxylation is 2. The average molecular weight is 252 g/mol. The zero-order chi connectivity index (χ0) is 12.3. The van der Waals surface area contributed by atoms with Crippen molar-refractivity contribution in [2.24, 2.45) is 17.1 Å². The second-order valence-electron chi connectivity index (χ2n) is 5.75. The molecule has 3 heteroatoms. The normalized spacial score (nSPS) is 29.5. The molecule has 0 radical (unpaired) electrons. The molecule has 1 aromatic rings. The lowest BCUT2D eigenvalue weighted by atomic mass is 9.68. The van der Waals surface area contributed by atoms with Gasteiger partial charge >= 0.3 is 0 Å². The summed E-state index contributed by atoms with van der Waals surface area (Å²) in [5, 5.41) is 0. The van der Waals surface area contributed by atoms with Crippen LogP contribution in [0.4, 0.5) is 0 Å². The average Bonchev–Trinajstić information content (AvgIpc) is 2.75. The minimum atomic E-state index is 0.420. The Morgan fingerprint density at radius 2 is 2.18 bits per heavy atom. The summed E-state index contributed by atoms with van der Waals surface area (Å²) in [5.74, 6) is 0.903. The van der Waals surface area contributed by atoms with E-state index in [9.17, 15) is 0 Å². The van der Waals surface area contributed by atoms with Crippen molar-refractivity contribution in [3.8, 4) is 0 Å². The predicted octanol–water partition coefficient (Wildman–Crippen LogP) is 3.54. The van der Waals surface area contributed by atoms with Crippen molar-refractivity contribution >= 4 is 11.3 Å². The quantitative estimate of drug-likeness (QED) is 0.890. The van der Waals surface area contributed by atoms with Crippen LogP contribution >= 0.6 is 11.3 Å². The summed E-state index contributed by atoms with van der Waals surface area (Å²) in [6.45, 7) is 5.34. The van der Waals surface area contributed by atoms with Gasteiger partial charge in [0.25, 0.3) is 0 Å². The molecule has 96 valence electrons. The van der Waals surface area contributed by atoms with Crippen molar-refractivity contribution in [2.45, 2.75) is 52.4 Å². The first-order valence-electron chi connectivity index (χ1n) is 6.74. The first kappa shape index (κ1) is 13.0. The first-order valence-corrected chi connectivity index (χ1v) is 7.62. The van der Waals surface area contributed by atoms with Gasteiger partial charge in [0.2, 0.25) is 0 Å². The number of thiazole rings is 1. The van der Waals surface area contributed by atoms with Gasteiger partial charge in [-0.1, -0.05) is 19.8 Å². The van der Waals surface area contributed by atoms with E-state index >= 15 is 0 Å². The first-order chi connectivity index (χ1) is 8.15. The van der Waals surface area contributed by atoms with Gasteiger partial charge in [0, 0.05) is 4.88 Å². The highest BCUT2D eigenvalue weighted by atomic mass is 32.1. The van der Waals surface area contributed by atoms with E-state index in [1.807, 2.05) is 5.51 Å². The Bertz CT molecular complexity index is 351. The van der Waals surface area contributed by atoms with Gasteiger partial charge in [0.05, 0.1) is 11.2 Å². The molecule has 2 N–H and O–H groups in total. The predicted molar refractivity (Wildman–Crippen MR) is 74.3 cm³/mol. The molecule has 1 saturated carbocycles. The van der Waals surface area contributed by atoms with Crippen LogP contribution in [0.25, 0.3) is 0 Å². The Balaban J connectivity index is 1.94. The zero-order valence-corrected chi connectivity index (χ0v) is 11.9. The highest BCUT2D eigenvalue weighted by Gasteiger charge is 2.32. The molecule has 1 fully saturated rings. The molecule has 0 bridgehead atoms. The molecule has 1 aliphatic rings. The molecule has 0 atom stereocenters. The number of nitrogens with two attached hydrogens (primary N) is 1. The Kier molecular flexibility index (Phi) is 4.21. The minimum absolute atomic E-state index is 0.420. The molecule has 1 aromatic heterocycles. The molecule has 2 nitrogen and oxygen atoms in total. The fraction of sp³-hybridized carbons (Fsp3) is 0.786. The third-order valence-electron chi connectivity index (χ3n) is 4.50. The monoisotopic (exact) mass is 252 g/mol. The van der Waals surface area contributed by atoms with Crippen molar-refractivity contribution in [3.63, 3.8) is 0 Å². The molecule has 2 rings (SSSR count). The van der Waals surface area contributed by atoms with Crippen LogP contribution in [0.3, 0.4) is 0 Å². The SMILES string of the molecule is Cc1ncsc1CCC1(CN)CCC(C)CC1. The summed E-state index contributed by atoms with van der Waals surface area (Å²) in [6, 6.07) is 0. The summed E-state index contributed by atoms with van der Waals surface area (Å²) in [6.07, 6.45) is 7.78. The summed E-state index contributed by atoms with van der Waals surface area (Å²) in [7, 11) is 0. The van der Waals surface area contributed by atoms with Gasteiger partial charge in [-0.25, -0.2) is 4.98 Å². The molecular weight excluding hydrogens is 228 g/mol. The number of aromatic nitrogens is 1. The summed E-state index contributed by atoms with van der Waals surface area (Å²) >= 11 is 1.80. The lowest BCUT2D eigenvalue weighted by Crippen LogP contribution is -2.35. The van der Waals surface area contributed by atoms with Crippen LogP contribution < -0.4 is 5.73 Å². The highest BCUT2D eigenvalue weighted by molar-refractivity contribution is 7.09. The van der Waals surface area contributed by atoms with Gasteiger partial charge in [0.15, 0.2) is 0 Å². The molecule has 1 heterocycles. The van der Waals surface area contributed by atoms with E-state index in [0.717, 1.165) is 12.5 Å². The molecule has 0 spiro atoms. The van der Waals surface area contributed by atoms with E-state index in [1.165, 1.54) is 49.1 Å². The van der Waals surface area contributed by atoms with Crippen molar-refractivity contribution in [1.29, 1.82) is 0 Å². The van der Waals surface area contributed by atoms with E-state index < -0.39 is 0 Å². The third kappa shape index (κ3) is 3.08. The third-order valence-corrected chi connectivity index (χ3v) is 5.49. The van der Waals surface area contributed by atoms with Gasteiger partial charge < -0.3 is 5.73 Å². The zero-order valence-electron chi connectivity index (χ0n) is 11.0. The van der Waals surface area contributed by atoms with Gasteiger partial charge in [-0.3, -0.25) is 0 Å². The maximum absolute atomic E-state index is 6.05. The van der Waals surface area contributed by atoms with E-state index in [4.69, 9.17) is 5.73 Å². The Morgan fingerprint density at radius 1 is 1.47 bits per heavy atom. The highest BCUT2D eigenvalue weighted by Crippen LogP contribution is 2.41. The van der Waals surface area contributed by atoms with Gasteiger partial charge in [-0.15, -0.1) is 11.3 Å². The van der Waals surface area contributed by atoms with E-state index in [1.54, 1.807) is 11.3 Å². The molecule has 0 unspecified atom stereocenters. The fourth-order valence-corrected chi connectivity index (χ4v) is 3.66. The minimum Gasteiger partial charge on any atom is -0.330 e. The summed E-state index contributed by atoms with van der Waals surface area (Å²) < 4.78 is 0. The number of hydrogen-bond donors (Lipinski definition) is 1. The lowest BCUT2D eigenvalue weighted by Gasteiger charge is -2.38. The van der Waals surface area contributed by atoms with Gasteiger partial charge in [0.1, 0.15) is 0 Å². The Labute approximate surface area is 109 Å². The van der Waals surface area contributed by atoms with E-state index in [-0.39, 0.29) is 0 Å². The van der Waals surface area contributed by atoms with Crippen LogP contribution in [0.2, 0.25) is 0 Å². The maximum Gasteiger partial charge on any atom is 0.0797 e. The molecular formula is C14H24N2S. The van der Waals surface area contributed by atoms with Crippen LogP contribution in [0.5, 0.6) is 0 Å². The molecule has 1 aliphatic carbocycles. The van der Waals surface area contributed by atoms with Crippen LogP contribution in [0.1, 0.15) is 49.6 Å². The molecule has 0 aromatic carbocycles. The Morgan fingerprint density at radius 3 is 2.71 bits per heavy atom. The number of hydrogen-bond acceptors (Lipinski definition) is 3. The fourth-order valence-electron chi connectivity index (χ4n) is 2.88. The number of rotatable bonds is 4. The van der Waals surface area contributed by atoms with Crippen molar-refractivity contribution in [1.82, 2.24) is 4.98 Å². The molecule has 0 aliphatic heterocycles. The van der Waals surface area contributed by atoms with Gasteiger partial charge in [-0.2, -0.15) is 0 Å². The second kappa shape index (κ2) is 5.49. The molecule has 0 amide bonds. The van der Waals surface area contributed by atoms with E-state index in [0.29, 0.717) is 5.41 Å².